The lowest BCUT2D eigenvalue weighted by Crippen LogP contribution is -2.29. The number of anilines is 1. The van der Waals surface area contributed by atoms with Crippen molar-refractivity contribution in [2.45, 2.75) is 45.0 Å². The lowest BCUT2D eigenvalue weighted by Gasteiger charge is -2.26. The summed E-state index contributed by atoms with van der Waals surface area (Å²) in [7, 11) is 0. The molecule has 1 aromatic heterocycles. The molecule has 0 unspecified atom stereocenters. The molecule has 0 amide bonds. The van der Waals surface area contributed by atoms with Crippen LogP contribution in [0.4, 0.5) is 5.82 Å². The molecule has 1 aromatic rings. The van der Waals surface area contributed by atoms with Gasteiger partial charge in [0.1, 0.15) is 17.3 Å². The van der Waals surface area contributed by atoms with Gasteiger partial charge in [-0.05, 0) is 25.2 Å². The van der Waals surface area contributed by atoms with Crippen LogP contribution in [-0.4, -0.2) is 22.6 Å². The Morgan fingerprint density at radius 3 is 2.67 bits per heavy atom. The molecule has 5 heteroatoms. The molecule has 1 aliphatic rings. The Kier molecular flexibility index (Phi) is 4.68. The largest absolute Gasteiger partial charge is 0.353 e. The zero-order valence-corrected chi connectivity index (χ0v) is 12.4. The predicted octanol–water partition coefficient (Wildman–Crippen LogP) is 3.88. The van der Waals surface area contributed by atoms with Crippen molar-refractivity contribution in [1.29, 1.82) is 0 Å². The Labute approximate surface area is 119 Å². The second kappa shape index (κ2) is 6.07. The minimum Gasteiger partial charge on any atom is -0.353 e. The maximum Gasteiger partial charge on any atom is 0.138 e. The van der Waals surface area contributed by atoms with Gasteiger partial charge < -0.3 is 4.90 Å². The van der Waals surface area contributed by atoms with Gasteiger partial charge in [-0.25, -0.2) is 9.97 Å². The average molecular weight is 288 g/mol. The smallest absolute Gasteiger partial charge is 0.138 e. The lowest BCUT2D eigenvalue weighted by molar-refractivity contribution is 0.567. The maximum absolute atomic E-state index is 6.10. The summed E-state index contributed by atoms with van der Waals surface area (Å²) in [6, 6.07) is 0.608. The van der Waals surface area contributed by atoms with E-state index in [1.54, 1.807) is 0 Å². The number of aromatic nitrogens is 2. The van der Waals surface area contributed by atoms with Crippen LogP contribution in [0.25, 0.3) is 0 Å². The summed E-state index contributed by atoms with van der Waals surface area (Å²) in [5, 5.41) is 0.477. The first kappa shape index (κ1) is 13.9. The molecule has 0 spiro atoms. The standard InChI is InChI=1S/C13H19Cl2N3/c1-9(2)5-6-18(10-3-4-10)13-11(7-14)12(15)16-8-17-13/h8-10H,3-7H2,1-2H3. The summed E-state index contributed by atoms with van der Waals surface area (Å²) in [5.74, 6) is 1.97. The summed E-state index contributed by atoms with van der Waals surface area (Å²) in [6.07, 6.45) is 5.15. The van der Waals surface area contributed by atoms with Crippen molar-refractivity contribution in [3.63, 3.8) is 0 Å². The highest BCUT2D eigenvalue weighted by Crippen LogP contribution is 2.34. The molecule has 3 nitrogen and oxygen atoms in total. The van der Waals surface area contributed by atoms with Gasteiger partial charge in [-0.3, -0.25) is 0 Å². The van der Waals surface area contributed by atoms with Crippen LogP contribution in [-0.2, 0) is 5.88 Å². The van der Waals surface area contributed by atoms with Gasteiger partial charge in [0.2, 0.25) is 0 Å². The molecule has 0 aliphatic heterocycles. The van der Waals surface area contributed by atoms with Crippen molar-refractivity contribution in [3.8, 4) is 0 Å². The third-order valence-corrected chi connectivity index (χ3v) is 3.80. The average Bonchev–Trinajstić information content (AvgIpc) is 3.13. The minimum atomic E-state index is 0.361. The van der Waals surface area contributed by atoms with Crippen molar-refractivity contribution >= 4 is 29.0 Å². The van der Waals surface area contributed by atoms with Crippen LogP contribution in [0, 0.1) is 5.92 Å². The predicted molar refractivity (Wildman–Crippen MR) is 76.4 cm³/mol. The zero-order valence-electron chi connectivity index (χ0n) is 10.9. The molecule has 0 N–H and O–H groups in total. The second-order valence-corrected chi connectivity index (χ2v) is 5.83. The van der Waals surface area contributed by atoms with E-state index in [0.717, 1.165) is 24.3 Å². The summed E-state index contributed by atoms with van der Waals surface area (Å²) >= 11 is 12.1. The molecule has 1 aliphatic carbocycles. The Morgan fingerprint density at radius 2 is 2.11 bits per heavy atom. The van der Waals surface area contributed by atoms with E-state index in [1.165, 1.54) is 19.2 Å². The monoisotopic (exact) mass is 287 g/mol. The number of alkyl halides is 1. The molecule has 0 radical (unpaired) electrons. The molecular formula is C13H19Cl2N3. The van der Waals surface area contributed by atoms with E-state index in [-0.39, 0.29) is 0 Å². The molecule has 1 fully saturated rings. The van der Waals surface area contributed by atoms with Crippen molar-refractivity contribution in [2.24, 2.45) is 5.92 Å². The van der Waals surface area contributed by atoms with E-state index in [9.17, 15) is 0 Å². The van der Waals surface area contributed by atoms with Crippen molar-refractivity contribution in [1.82, 2.24) is 9.97 Å². The van der Waals surface area contributed by atoms with Crippen LogP contribution in [0.5, 0.6) is 0 Å². The van der Waals surface area contributed by atoms with Gasteiger partial charge >= 0.3 is 0 Å². The first-order valence-corrected chi connectivity index (χ1v) is 7.36. The summed E-state index contributed by atoms with van der Waals surface area (Å²) in [4.78, 5) is 10.8. The van der Waals surface area contributed by atoms with E-state index < -0.39 is 0 Å². The summed E-state index contributed by atoms with van der Waals surface area (Å²) in [5.41, 5.74) is 0.858. The van der Waals surface area contributed by atoms with Crippen molar-refractivity contribution in [3.05, 3.63) is 17.0 Å². The Morgan fingerprint density at radius 1 is 1.39 bits per heavy atom. The van der Waals surface area contributed by atoms with Crippen LogP contribution in [0.15, 0.2) is 6.33 Å². The highest BCUT2D eigenvalue weighted by Gasteiger charge is 2.31. The highest BCUT2D eigenvalue weighted by atomic mass is 35.5. The van der Waals surface area contributed by atoms with E-state index >= 15 is 0 Å². The third-order valence-electron chi connectivity index (χ3n) is 3.21. The normalized spacial score (nSPS) is 15.2. The first-order chi connectivity index (χ1) is 8.63. The molecule has 18 heavy (non-hydrogen) atoms. The SMILES string of the molecule is CC(C)CCN(c1ncnc(Cl)c1CCl)C1CC1. The van der Waals surface area contributed by atoms with Crippen molar-refractivity contribution < 1.29 is 0 Å². The molecule has 2 rings (SSSR count). The van der Waals surface area contributed by atoms with Crippen LogP contribution >= 0.6 is 23.2 Å². The van der Waals surface area contributed by atoms with E-state index in [2.05, 4.69) is 28.7 Å². The van der Waals surface area contributed by atoms with Gasteiger partial charge in [-0.2, -0.15) is 0 Å². The number of nitrogens with zero attached hydrogens (tertiary/aromatic N) is 3. The fourth-order valence-electron chi connectivity index (χ4n) is 1.99. The van der Waals surface area contributed by atoms with Crippen LogP contribution in [0.2, 0.25) is 5.15 Å². The van der Waals surface area contributed by atoms with E-state index in [4.69, 9.17) is 23.2 Å². The van der Waals surface area contributed by atoms with E-state index in [1.807, 2.05) is 0 Å². The van der Waals surface area contributed by atoms with Gasteiger partial charge in [0.25, 0.3) is 0 Å². The molecule has 1 saturated carbocycles. The molecule has 0 saturated heterocycles. The van der Waals surface area contributed by atoms with Gasteiger partial charge in [0, 0.05) is 18.2 Å². The fraction of sp³-hybridized carbons (Fsp3) is 0.692. The highest BCUT2D eigenvalue weighted by molar-refractivity contribution is 6.31. The van der Waals surface area contributed by atoms with Gasteiger partial charge in [-0.1, -0.05) is 25.4 Å². The van der Waals surface area contributed by atoms with Gasteiger partial charge in [0.15, 0.2) is 0 Å². The molecule has 100 valence electrons. The van der Waals surface area contributed by atoms with Crippen molar-refractivity contribution in [2.75, 3.05) is 11.4 Å². The van der Waals surface area contributed by atoms with Crippen LogP contribution < -0.4 is 4.90 Å². The summed E-state index contributed by atoms with van der Waals surface area (Å²) in [6.45, 7) is 5.49. The quantitative estimate of drug-likeness (QED) is 0.587. The third kappa shape index (κ3) is 3.27. The lowest BCUT2D eigenvalue weighted by atomic mass is 10.1. The number of hydrogen-bond acceptors (Lipinski definition) is 3. The van der Waals surface area contributed by atoms with Gasteiger partial charge in [-0.15, -0.1) is 11.6 Å². The van der Waals surface area contributed by atoms with E-state index in [0.29, 0.717) is 23.0 Å². The minimum absolute atomic E-state index is 0.361. The van der Waals surface area contributed by atoms with Crippen LogP contribution in [0.3, 0.4) is 0 Å². The second-order valence-electron chi connectivity index (χ2n) is 5.21. The summed E-state index contributed by atoms with van der Waals surface area (Å²) < 4.78 is 0. The Bertz CT molecular complexity index is 405. The zero-order chi connectivity index (χ0) is 13.1. The number of halogens is 2. The number of hydrogen-bond donors (Lipinski definition) is 0. The molecule has 1 heterocycles. The van der Waals surface area contributed by atoms with Gasteiger partial charge in [0.05, 0.1) is 5.88 Å². The molecule has 0 atom stereocenters. The number of rotatable bonds is 6. The topological polar surface area (TPSA) is 29.0 Å². The maximum atomic E-state index is 6.10. The first-order valence-electron chi connectivity index (χ1n) is 6.45. The molecule has 0 aromatic carbocycles. The molecule has 0 bridgehead atoms. The molecular weight excluding hydrogens is 269 g/mol. The van der Waals surface area contributed by atoms with Crippen LogP contribution in [0.1, 0.15) is 38.7 Å². The Hall–Kier alpha value is -0.540. The fourth-order valence-corrected chi connectivity index (χ4v) is 2.50. The Balaban J connectivity index is 2.22.